The summed E-state index contributed by atoms with van der Waals surface area (Å²) >= 11 is 0. The molecule has 1 heterocycles. The van der Waals surface area contributed by atoms with Gasteiger partial charge in [0.25, 0.3) is 0 Å². The number of amides is 1. The fraction of sp³-hybridized carbons (Fsp3) is 0.240. The van der Waals surface area contributed by atoms with Gasteiger partial charge in [-0.1, -0.05) is 36.1 Å². The summed E-state index contributed by atoms with van der Waals surface area (Å²) in [5, 5.41) is 10.6. The molecule has 0 aliphatic rings. The van der Waals surface area contributed by atoms with Gasteiger partial charge in [0, 0.05) is 12.6 Å². The molecule has 0 spiro atoms. The Bertz CT molecular complexity index is 1150. The number of carbonyl (C=O) groups is 1. The van der Waals surface area contributed by atoms with E-state index in [-0.39, 0.29) is 6.03 Å². The summed E-state index contributed by atoms with van der Waals surface area (Å²) in [5.74, 6) is 1.93. The maximum Gasteiger partial charge on any atom is 0.344 e. The molecule has 1 amide bonds. The summed E-state index contributed by atoms with van der Waals surface area (Å²) in [6, 6.07) is 11.0. The van der Waals surface area contributed by atoms with E-state index in [1.165, 1.54) is 10.9 Å². The van der Waals surface area contributed by atoms with Gasteiger partial charge in [-0.15, -0.1) is 5.10 Å². The number of nitrogens with zero attached hydrogens (tertiary/aromatic N) is 3. The van der Waals surface area contributed by atoms with E-state index >= 15 is 0 Å². The van der Waals surface area contributed by atoms with E-state index in [1.807, 2.05) is 56.3 Å². The van der Waals surface area contributed by atoms with Crippen LogP contribution >= 0.6 is 0 Å². The van der Waals surface area contributed by atoms with Gasteiger partial charge in [-0.2, -0.15) is 4.68 Å². The molecule has 2 aromatic carbocycles. The van der Waals surface area contributed by atoms with Gasteiger partial charge < -0.3 is 19.5 Å². The third-order valence-electron chi connectivity index (χ3n) is 4.71. The molecule has 0 aliphatic heterocycles. The highest BCUT2D eigenvalue weighted by Crippen LogP contribution is 2.37. The Balaban J connectivity index is 2.01. The van der Waals surface area contributed by atoms with Crippen LogP contribution in [0.2, 0.25) is 0 Å². The number of nitrogens with one attached hydrogen (secondary N) is 1. The Labute approximate surface area is 193 Å². The third kappa shape index (κ3) is 5.79. The smallest absolute Gasteiger partial charge is 0.344 e. The lowest BCUT2D eigenvalue weighted by molar-refractivity contribution is 0.240. The third-order valence-corrected chi connectivity index (χ3v) is 4.71. The SMILES string of the molecule is C=C(C)COc1ccc(/C=C/c2cc(OC)cc(OC)c2-c2cnnn2C(=O)NCC)cc1. The fourth-order valence-electron chi connectivity index (χ4n) is 3.14. The molecule has 1 N–H and O–H groups in total. The van der Waals surface area contributed by atoms with Crippen LogP contribution in [0.4, 0.5) is 4.79 Å². The zero-order valence-electron chi connectivity index (χ0n) is 19.3. The quantitative estimate of drug-likeness (QED) is 0.378. The van der Waals surface area contributed by atoms with Crippen molar-refractivity contribution in [1.82, 2.24) is 20.3 Å². The van der Waals surface area contributed by atoms with Gasteiger partial charge in [0.05, 0.1) is 26.0 Å². The van der Waals surface area contributed by atoms with Crippen molar-refractivity contribution in [2.45, 2.75) is 13.8 Å². The van der Waals surface area contributed by atoms with Crippen LogP contribution in [0.15, 0.2) is 54.7 Å². The molecule has 0 radical (unpaired) electrons. The summed E-state index contributed by atoms with van der Waals surface area (Å²) in [4.78, 5) is 12.5. The summed E-state index contributed by atoms with van der Waals surface area (Å²) in [6.07, 6.45) is 5.42. The Morgan fingerprint density at radius 1 is 1.12 bits per heavy atom. The van der Waals surface area contributed by atoms with Crippen molar-refractivity contribution in [3.8, 4) is 28.5 Å². The van der Waals surface area contributed by atoms with E-state index < -0.39 is 0 Å². The minimum atomic E-state index is -0.372. The van der Waals surface area contributed by atoms with Crippen LogP contribution < -0.4 is 19.5 Å². The predicted octanol–water partition coefficient (Wildman–Crippen LogP) is 4.67. The van der Waals surface area contributed by atoms with Crippen molar-refractivity contribution in [3.05, 3.63) is 65.9 Å². The Morgan fingerprint density at radius 3 is 2.52 bits per heavy atom. The summed E-state index contributed by atoms with van der Waals surface area (Å²) < 4.78 is 17.9. The monoisotopic (exact) mass is 448 g/mol. The molecule has 1 aromatic heterocycles. The van der Waals surface area contributed by atoms with Gasteiger partial charge in [-0.3, -0.25) is 0 Å². The zero-order chi connectivity index (χ0) is 23.8. The van der Waals surface area contributed by atoms with Crippen LogP contribution in [0.3, 0.4) is 0 Å². The lowest BCUT2D eigenvalue weighted by atomic mass is 10.0. The molecule has 0 atom stereocenters. The molecule has 172 valence electrons. The lowest BCUT2D eigenvalue weighted by Crippen LogP contribution is -2.29. The molecule has 0 fully saturated rings. The van der Waals surface area contributed by atoms with Crippen LogP contribution in [0.25, 0.3) is 23.4 Å². The van der Waals surface area contributed by atoms with Crippen molar-refractivity contribution >= 4 is 18.2 Å². The molecule has 0 bridgehead atoms. The minimum Gasteiger partial charge on any atom is -0.497 e. The molecule has 0 aliphatic carbocycles. The number of ether oxygens (including phenoxy) is 3. The first-order valence-electron chi connectivity index (χ1n) is 10.5. The molecule has 8 heteroatoms. The van der Waals surface area contributed by atoms with Gasteiger partial charge in [-0.05, 0) is 48.7 Å². The Morgan fingerprint density at radius 2 is 1.88 bits per heavy atom. The maximum absolute atomic E-state index is 12.5. The first kappa shape index (κ1) is 23.6. The van der Waals surface area contributed by atoms with Crippen molar-refractivity contribution in [2.24, 2.45) is 0 Å². The molecule has 0 saturated heterocycles. The number of benzene rings is 2. The van der Waals surface area contributed by atoms with E-state index in [2.05, 4.69) is 22.2 Å². The topological polar surface area (TPSA) is 87.5 Å². The molecule has 0 saturated carbocycles. The average molecular weight is 449 g/mol. The van der Waals surface area contributed by atoms with E-state index in [1.54, 1.807) is 20.3 Å². The van der Waals surface area contributed by atoms with Crippen molar-refractivity contribution in [3.63, 3.8) is 0 Å². The minimum absolute atomic E-state index is 0.372. The molecular formula is C25H28N4O4. The number of hydrogen-bond donors (Lipinski definition) is 1. The first-order valence-corrected chi connectivity index (χ1v) is 10.5. The van der Waals surface area contributed by atoms with Crippen molar-refractivity contribution in [2.75, 3.05) is 27.4 Å². The van der Waals surface area contributed by atoms with E-state index in [0.717, 1.165) is 22.4 Å². The van der Waals surface area contributed by atoms with E-state index in [0.29, 0.717) is 35.9 Å². The van der Waals surface area contributed by atoms with Gasteiger partial charge in [0.2, 0.25) is 0 Å². The molecule has 3 aromatic rings. The normalized spacial score (nSPS) is 10.8. The van der Waals surface area contributed by atoms with E-state index in [9.17, 15) is 4.79 Å². The molecule has 3 rings (SSSR count). The number of rotatable bonds is 9. The van der Waals surface area contributed by atoms with Crippen LogP contribution in [-0.2, 0) is 0 Å². The fourth-order valence-corrected chi connectivity index (χ4v) is 3.14. The van der Waals surface area contributed by atoms with E-state index in [4.69, 9.17) is 14.2 Å². The largest absolute Gasteiger partial charge is 0.497 e. The average Bonchev–Trinajstić information content (AvgIpc) is 3.31. The molecule has 0 unspecified atom stereocenters. The van der Waals surface area contributed by atoms with Crippen molar-refractivity contribution < 1.29 is 19.0 Å². The first-order chi connectivity index (χ1) is 16.0. The molecular weight excluding hydrogens is 420 g/mol. The summed E-state index contributed by atoms with van der Waals surface area (Å²) in [5.41, 5.74) is 3.89. The van der Waals surface area contributed by atoms with Gasteiger partial charge in [0.15, 0.2) is 0 Å². The highest BCUT2D eigenvalue weighted by atomic mass is 16.5. The number of carbonyl (C=O) groups excluding carboxylic acids is 1. The number of hydrogen-bond acceptors (Lipinski definition) is 6. The number of aromatic nitrogens is 3. The molecule has 33 heavy (non-hydrogen) atoms. The van der Waals surface area contributed by atoms with Crippen molar-refractivity contribution in [1.29, 1.82) is 0 Å². The standard InChI is InChI=1S/C25H28N4O4/c1-6-26-25(30)29-22(15-27-28-29)24-19(13-21(31-4)14-23(24)32-5)10-7-18-8-11-20(12-9-18)33-16-17(2)3/h7-15H,2,6,16H2,1,3-5H3,(H,26,30)/b10-7+. The Hall–Kier alpha value is -4.07. The molecule has 8 nitrogen and oxygen atoms in total. The van der Waals surface area contributed by atoms with Crippen LogP contribution in [-0.4, -0.2) is 48.4 Å². The second kappa shape index (κ2) is 11.0. The Kier molecular flexibility index (Phi) is 7.86. The predicted molar refractivity (Wildman–Crippen MR) is 129 cm³/mol. The summed E-state index contributed by atoms with van der Waals surface area (Å²) in [7, 11) is 3.15. The maximum atomic E-state index is 12.5. The number of methoxy groups -OCH3 is 2. The summed E-state index contributed by atoms with van der Waals surface area (Å²) in [6.45, 7) is 8.55. The van der Waals surface area contributed by atoms with Crippen LogP contribution in [0.1, 0.15) is 25.0 Å². The second-order valence-corrected chi connectivity index (χ2v) is 7.31. The zero-order valence-corrected chi connectivity index (χ0v) is 19.3. The second-order valence-electron chi connectivity index (χ2n) is 7.31. The van der Waals surface area contributed by atoms with Crippen LogP contribution in [0.5, 0.6) is 17.2 Å². The lowest BCUT2D eigenvalue weighted by Gasteiger charge is -2.15. The van der Waals surface area contributed by atoms with Gasteiger partial charge in [-0.25, -0.2) is 4.79 Å². The highest BCUT2D eigenvalue weighted by Gasteiger charge is 2.20. The van der Waals surface area contributed by atoms with Gasteiger partial charge in [0.1, 0.15) is 29.5 Å². The van der Waals surface area contributed by atoms with Crippen LogP contribution in [0, 0.1) is 0 Å². The highest BCUT2D eigenvalue weighted by molar-refractivity contribution is 5.88. The van der Waals surface area contributed by atoms with Gasteiger partial charge >= 0.3 is 6.03 Å².